The highest BCUT2D eigenvalue weighted by Gasteiger charge is 2.25. The molecule has 0 saturated carbocycles. The summed E-state index contributed by atoms with van der Waals surface area (Å²) < 4.78 is 0. The molecule has 1 aliphatic carbocycles. The van der Waals surface area contributed by atoms with Gasteiger partial charge in [0.2, 0.25) is 0 Å². The molecular formula is C7H7Cl3. The van der Waals surface area contributed by atoms with Crippen LogP contribution in [0.5, 0.6) is 0 Å². The molecule has 0 N–H and O–H groups in total. The topological polar surface area (TPSA) is 0 Å². The number of hydrogen-bond donors (Lipinski definition) is 0. The average molecular weight is 197 g/mol. The summed E-state index contributed by atoms with van der Waals surface area (Å²) in [5.41, 5.74) is 0. The largest absolute Gasteiger partial charge is 0.124 e. The van der Waals surface area contributed by atoms with Crippen molar-refractivity contribution in [2.24, 2.45) is 0 Å². The SMILES string of the molecule is ClCC1(Cl)C=CC=C(Cl)C1. The van der Waals surface area contributed by atoms with Crippen LogP contribution in [0, 0.1) is 0 Å². The highest BCUT2D eigenvalue weighted by molar-refractivity contribution is 6.35. The Morgan fingerprint density at radius 3 is 2.70 bits per heavy atom. The van der Waals surface area contributed by atoms with Crippen LogP contribution in [0.4, 0.5) is 0 Å². The van der Waals surface area contributed by atoms with Gasteiger partial charge in [-0.05, 0) is 6.08 Å². The smallest absolute Gasteiger partial charge is 0.0812 e. The van der Waals surface area contributed by atoms with E-state index < -0.39 is 4.87 Å². The molecule has 3 heteroatoms. The van der Waals surface area contributed by atoms with Gasteiger partial charge in [0.05, 0.1) is 4.87 Å². The standard InChI is InChI=1S/C7H7Cl3/c8-5-7(10)3-1-2-6(9)4-7/h1-3H,4-5H2. The molecule has 1 aliphatic rings. The van der Waals surface area contributed by atoms with Crippen molar-refractivity contribution >= 4 is 34.8 Å². The first-order chi connectivity index (χ1) is 4.66. The molecular weight excluding hydrogens is 190 g/mol. The summed E-state index contributed by atoms with van der Waals surface area (Å²) in [6.45, 7) is 0. The van der Waals surface area contributed by atoms with Crippen LogP contribution >= 0.6 is 34.8 Å². The predicted molar refractivity (Wildman–Crippen MR) is 47.0 cm³/mol. The molecule has 1 rings (SSSR count). The lowest BCUT2D eigenvalue weighted by atomic mass is 10.0. The van der Waals surface area contributed by atoms with Crippen molar-refractivity contribution < 1.29 is 0 Å². The van der Waals surface area contributed by atoms with Crippen LogP contribution in [0.15, 0.2) is 23.3 Å². The number of rotatable bonds is 1. The Kier molecular flexibility index (Phi) is 2.67. The molecule has 0 aromatic rings. The molecule has 1 unspecified atom stereocenters. The van der Waals surface area contributed by atoms with E-state index in [0.717, 1.165) is 5.03 Å². The zero-order valence-electron chi connectivity index (χ0n) is 5.28. The van der Waals surface area contributed by atoms with Crippen molar-refractivity contribution in [2.45, 2.75) is 11.3 Å². The molecule has 0 aromatic heterocycles. The van der Waals surface area contributed by atoms with Gasteiger partial charge in [-0.15, -0.1) is 23.2 Å². The fraction of sp³-hybridized carbons (Fsp3) is 0.429. The Balaban J connectivity index is 2.71. The number of alkyl halides is 2. The molecule has 0 spiro atoms. The second kappa shape index (κ2) is 3.17. The highest BCUT2D eigenvalue weighted by Crippen LogP contribution is 2.32. The number of halogens is 3. The summed E-state index contributed by atoms with van der Waals surface area (Å²) in [5.74, 6) is 0.398. The maximum atomic E-state index is 6.01. The van der Waals surface area contributed by atoms with Gasteiger partial charge < -0.3 is 0 Å². The second-order valence-corrected chi connectivity index (χ2v) is 3.82. The minimum Gasteiger partial charge on any atom is -0.124 e. The summed E-state index contributed by atoms with van der Waals surface area (Å²) in [7, 11) is 0. The molecule has 0 radical (unpaired) electrons. The monoisotopic (exact) mass is 196 g/mol. The van der Waals surface area contributed by atoms with Gasteiger partial charge in [-0.1, -0.05) is 23.8 Å². The first-order valence-corrected chi connectivity index (χ1v) is 4.24. The van der Waals surface area contributed by atoms with E-state index in [1.54, 1.807) is 0 Å². The lowest BCUT2D eigenvalue weighted by Crippen LogP contribution is -2.21. The van der Waals surface area contributed by atoms with Crippen LogP contribution in [-0.2, 0) is 0 Å². The lowest BCUT2D eigenvalue weighted by molar-refractivity contribution is 0.781. The van der Waals surface area contributed by atoms with Crippen molar-refractivity contribution in [3.63, 3.8) is 0 Å². The normalized spacial score (nSPS) is 32.1. The summed E-state index contributed by atoms with van der Waals surface area (Å²) in [6.07, 6.45) is 6.17. The zero-order chi connectivity index (χ0) is 7.61. The minimum atomic E-state index is -0.451. The Bertz CT molecular complexity index is 183. The van der Waals surface area contributed by atoms with E-state index in [2.05, 4.69) is 0 Å². The molecule has 0 nitrogen and oxygen atoms in total. The van der Waals surface area contributed by atoms with Gasteiger partial charge >= 0.3 is 0 Å². The van der Waals surface area contributed by atoms with E-state index in [-0.39, 0.29) is 0 Å². The van der Waals surface area contributed by atoms with Gasteiger partial charge in [-0.2, -0.15) is 0 Å². The summed E-state index contributed by atoms with van der Waals surface area (Å²) in [4.78, 5) is -0.451. The van der Waals surface area contributed by atoms with Crippen LogP contribution in [-0.4, -0.2) is 10.8 Å². The van der Waals surface area contributed by atoms with Crippen LogP contribution in [0.25, 0.3) is 0 Å². The fourth-order valence-electron chi connectivity index (χ4n) is 0.815. The van der Waals surface area contributed by atoms with Gasteiger partial charge in [0, 0.05) is 17.3 Å². The van der Waals surface area contributed by atoms with Gasteiger partial charge in [0.1, 0.15) is 0 Å². The van der Waals surface area contributed by atoms with Crippen LogP contribution in [0.2, 0.25) is 0 Å². The summed E-state index contributed by atoms with van der Waals surface area (Å²) in [6, 6.07) is 0. The maximum absolute atomic E-state index is 6.01. The second-order valence-electron chi connectivity index (χ2n) is 2.32. The first kappa shape index (κ1) is 8.45. The van der Waals surface area contributed by atoms with Gasteiger partial charge in [0.15, 0.2) is 0 Å². The van der Waals surface area contributed by atoms with E-state index in [0.29, 0.717) is 12.3 Å². The Hall–Kier alpha value is 0.350. The Labute approximate surface area is 75.5 Å². The highest BCUT2D eigenvalue weighted by atomic mass is 35.5. The molecule has 56 valence electrons. The van der Waals surface area contributed by atoms with Crippen molar-refractivity contribution in [1.29, 1.82) is 0 Å². The van der Waals surface area contributed by atoms with E-state index in [1.165, 1.54) is 0 Å². The Morgan fingerprint density at radius 2 is 2.30 bits per heavy atom. The van der Waals surface area contributed by atoms with Crippen molar-refractivity contribution in [2.75, 3.05) is 5.88 Å². The van der Waals surface area contributed by atoms with Gasteiger partial charge in [0.25, 0.3) is 0 Å². The van der Waals surface area contributed by atoms with Crippen LogP contribution < -0.4 is 0 Å². The average Bonchev–Trinajstić information content (AvgIpc) is 1.88. The van der Waals surface area contributed by atoms with E-state index in [4.69, 9.17) is 34.8 Å². The zero-order valence-corrected chi connectivity index (χ0v) is 7.55. The first-order valence-electron chi connectivity index (χ1n) is 2.95. The fourth-order valence-corrected chi connectivity index (χ4v) is 1.60. The molecule has 1 atom stereocenters. The third-order valence-corrected chi connectivity index (χ3v) is 2.62. The minimum absolute atomic E-state index is 0.398. The Morgan fingerprint density at radius 1 is 1.60 bits per heavy atom. The van der Waals surface area contributed by atoms with Crippen LogP contribution in [0.3, 0.4) is 0 Å². The molecule has 0 saturated heterocycles. The molecule has 0 aliphatic heterocycles. The lowest BCUT2D eigenvalue weighted by Gasteiger charge is -2.21. The van der Waals surface area contributed by atoms with Crippen molar-refractivity contribution in [3.8, 4) is 0 Å². The molecule has 0 amide bonds. The van der Waals surface area contributed by atoms with Crippen molar-refractivity contribution in [1.82, 2.24) is 0 Å². The third kappa shape index (κ3) is 1.91. The van der Waals surface area contributed by atoms with Crippen molar-refractivity contribution in [3.05, 3.63) is 23.3 Å². The van der Waals surface area contributed by atoms with Crippen LogP contribution in [0.1, 0.15) is 6.42 Å². The number of allylic oxidation sites excluding steroid dienone is 4. The van der Waals surface area contributed by atoms with E-state index in [9.17, 15) is 0 Å². The maximum Gasteiger partial charge on any atom is 0.0812 e. The third-order valence-electron chi connectivity index (χ3n) is 1.36. The van der Waals surface area contributed by atoms with E-state index in [1.807, 2.05) is 18.2 Å². The van der Waals surface area contributed by atoms with Gasteiger partial charge in [-0.25, -0.2) is 0 Å². The number of hydrogen-bond acceptors (Lipinski definition) is 0. The summed E-state index contributed by atoms with van der Waals surface area (Å²) >= 11 is 17.4. The molecule has 0 aromatic carbocycles. The van der Waals surface area contributed by atoms with Gasteiger partial charge in [-0.3, -0.25) is 0 Å². The molecule has 0 bridgehead atoms. The summed E-state index contributed by atoms with van der Waals surface area (Å²) in [5, 5.41) is 0.762. The van der Waals surface area contributed by atoms with E-state index >= 15 is 0 Å². The quantitative estimate of drug-likeness (QED) is 0.566. The molecule has 10 heavy (non-hydrogen) atoms. The molecule has 0 heterocycles. The molecule has 0 fully saturated rings. The predicted octanol–water partition coefficient (Wildman–Crippen LogP) is 3.29.